The van der Waals surface area contributed by atoms with E-state index >= 15 is 0 Å². The van der Waals surface area contributed by atoms with Gasteiger partial charge in [-0.3, -0.25) is 0 Å². The van der Waals surface area contributed by atoms with Crippen LogP contribution in [-0.2, 0) is 0 Å². The Morgan fingerprint density at radius 3 is 2.08 bits per heavy atom. The van der Waals surface area contributed by atoms with Crippen molar-refractivity contribution in [3.63, 3.8) is 0 Å². The first-order valence-electron chi connectivity index (χ1n) is 4.10. The Kier molecular flexibility index (Phi) is 6.47. The van der Waals surface area contributed by atoms with Crippen LogP contribution in [0.1, 0.15) is 12.8 Å². The SMILES string of the molecule is C=C(CN1CCCC1)[B-](F)(F)F.[K+]. The molecule has 0 radical (unpaired) electrons. The molecule has 0 saturated carbocycles. The number of likely N-dealkylation sites (tertiary alicyclic amines) is 1. The van der Waals surface area contributed by atoms with E-state index in [0.29, 0.717) is 0 Å². The Bertz CT molecular complexity index is 177. The minimum absolute atomic E-state index is 0. The third-order valence-corrected chi connectivity index (χ3v) is 2.09. The van der Waals surface area contributed by atoms with Crippen LogP contribution >= 0.6 is 0 Å². The van der Waals surface area contributed by atoms with Crippen LogP contribution in [0.15, 0.2) is 12.1 Å². The quantitative estimate of drug-likeness (QED) is 0.550. The average Bonchev–Trinajstić information content (AvgIpc) is 2.37. The van der Waals surface area contributed by atoms with Crippen LogP contribution in [0.5, 0.6) is 0 Å². The van der Waals surface area contributed by atoms with Crippen molar-refractivity contribution in [2.24, 2.45) is 0 Å². The first kappa shape index (κ1) is 14.2. The van der Waals surface area contributed by atoms with E-state index in [1.54, 1.807) is 4.90 Å². The summed E-state index contributed by atoms with van der Waals surface area (Å²) >= 11 is 0. The van der Waals surface area contributed by atoms with E-state index in [2.05, 4.69) is 6.58 Å². The topological polar surface area (TPSA) is 3.24 Å². The van der Waals surface area contributed by atoms with E-state index < -0.39 is 12.4 Å². The molecule has 0 bridgehead atoms. The number of halogens is 3. The fourth-order valence-corrected chi connectivity index (χ4v) is 1.33. The number of rotatable bonds is 3. The molecule has 1 rings (SSSR count). The summed E-state index contributed by atoms with van der Waals surface area (Å²) in [6, 6.07) is 0. The molecule has 0 aromatic carbocycles. The van der Waals surface area contributed by atoms with Crippen molar-refractivity contribution in [2.45, 2.75) is 12.8 Å². The molecule has 1 aliphatic heterocycles. The molecule has 1 nitrogen and oxygen atoms in total. The predicted octanol–water partition coefficient (Wildman–Crippen LogP) is -0.971. The minimum Gasteiger partial charge on any atom is -0.445 e. The molecule has 1 saturated heterocycles. The van der Waals surface area contributed by atoms with Crippen LogP contribution in [-0.4, -0.2) is 31.5 Å². The summed E-state index contributed by atoms with van der Waals surface area (Å²) in [6.07, 6.45) is 2.02. The Hall–Kier alpha value is 1.19. The van der Waals surface area contributed by atoms with Crippen LogP contribution in [0, 0.1) is 0 Å². The largest absolute Gasteiger partial charge is 1.00 e. The van der Waals surface area contributed by atoms with Gasteiger partial charge >= 0.3 is 58.4 Å². The average molecular weight is 217 g/mol. The molecule has 1 heterocycles. The van der Waals surface area contributed by atoms with Gasteiger partial charge in [-0.1, -0.05) is 0 Å². The zero-order valence-corrected chi connectivity index (χ0v) is 11.0. The maximum absolute atomic E-state index is 12.0. The van der Waals surface area contributed by atoms with Gasteiger partial charge < -0.3 is 17.8 Å². The van der Waals surface area contributed by atoms with Crippen LogP contribution in [0.3, 0.4) is 0 Å². The third-order valence-electron chi connectivity index (χ3n) is 2.09. The predicted molar refractivity (Wildman–Crippen MR) is 43.9 cm³/mol. The fourth-order valence-electron chi connectivity index (χ4n) is 1.33. The first-order chi connectivity index (χ1) is 5.50. The molecule has 0 aromatic heterocycles. The van der Waals surface area contributed by atoms with Crippen molar-refractivity contribution in [2.75, 3.05) is 19.6 Å². The van der Waals surface area contributed by atoms with Crippen LogP contribution in [0.2, 0.25) is 0 Å². The molecule has 0 aliphatic carbocycles. The monoisotopic (exact) mass is 217 g/mol. The maximum atomic E-state index is 12.0. The van der Waals surface area contributed by atoms with E-state index in [1.807, 2.05) is 0 Å². The minimum atomic E-state index is -4.82. The zero-order valence-electron chi connectivity index (χ0n) is 7.90. The molecule has 0 amide bonds. The molecular formula is C7H12BF3KN. The van der Waals surface area contributed by atoms with Gasteiger partial charge in [-0.15, -0.1) is 12.1 Å². The van der Waals surface area contributed by atoms with Crippen molar-refractivity contribution < 1.29 is 64.3 Å². The molecule has 1 aliphatic rings. The summed E-state index contributed by atoms with van der Waals surface area (Å²) in [5.74, 6) is 0. The Morgan fingerprint density at radius 2 is 1.69 bits per heavy atom. The summed E-state index contributed by atoms with van der Waals surface area (Å²) in [4.78, 5) is 1.80. The van der Waals surface area contributed by atoms with Crippen molar-refractivity contribution in [1.82, 2.24) is 4.90 Å². The molecule has 6 heteroatoms. The zero-order chi connectivity index (χ0) is 9.19. The van der Waals surface area contributed by atoms with E-state index in [9.17, 15) is 12.9 Å². The van der Waals surface area contributed by atoms with Crippen LogP contribution in [0.4, 0.5) is 12.9 Å². The van der Waals surface area contributed by atoms with Crippen molar-refractivity contribution in [1.29, 1.82) is 0 Å². The second-order valence-corrected chi connectivity index (χ2v) is 3.22. The van der Waals surface area contributed by atoms with Crippen molar-refractivity contribution in [3.05, 3.63) is 12.1 Å². The van der Waals surface area contributed by atoms with Gasteiger partial charge in [0.2, 0.25) is 0 Å². The van der Waals surface area contributed by atoms with E-state index in [4.69, 9.17) is 0 Å². The van der Waals surface area contributed by atoms with Crippen molar-refractivity contribution in [3.8, 4) is 0 Å². The molecular weight excluding hydrogens is 205 g/mol. The Labute approximate surface area is 119 Å². The van der Waals surface area contributed by atoms with Gasteiger partial charge in [0.1, 0.15) is 0 Å². The van der Waals surface area contributed by atoms with Gasteiger partial charge in [0, 0.05) is 0 Å². The Morgan fingerprint density at radius 1 is 1.23 bits per heavy atom. The van der Waals surface area contributed by atoms with Gasteiger partial charge in [0.15, 0.2) is 0 Å². The summed E-state index contributed by atoms with van der Waals surface area (Å²) < 4.78 is 36.1. The normalized spacial score (nSPS) is 18.4. The molecule has 0 unspecified atom stereocenters. The van der Waals surface area contributed by atoms with Gasteiger partial charge in [-0.25, -0.2) is 0 Å². The van der Waals surface area contributed by atoms with Crippen LogP contribution in [0.25, 0.3) is 0 Å². The fraction of sp³-hybridized carbons (Fsp3) is 0.714. The third kappa shape index (κ3) is 4.99. The van der Waals surface area contributed by atoms with E-state index in [-0.39, 0.29) is 57.9 Å². The number of hydrogen-bond donors (Lipinski definition) is 0. The summed E-state index contributed by atoms with van der Waals surface area (Å²) in [5, 5.41) is 0. The summed E-state index contributed by atoms with van der Waals surface area (Å²) in [5.41, 5.74) is -0.572. The number of nitrogens with zero attached hydrogens (tertiary/aromatic N) is 1. The molecule has 0 atom stereocenters. The summed E-state index contributed by atoms with van der Waals surface area (Å²) in [6.45, 7) is -0.205. The molecule has 0 aromatic rings. The second-order valence-electron chi connectivity index (χ2n) is 3.22. The van der Waals surface area contributed by atoms with Crippen LogP contribution < -0.4 is 51.4 Å². The van der Waals surface area contributed by atoms with E-state index in [1.165, 1.54) is 0 Å². The van der Waals surface area contributed by atoms with Gasteiger partial charge in [-0.05, 0) is 32.5 Å². The molecule has 13 heavy (non-hydrogen) atoms. The standard InChI is InChI=1S/C7H12BF3N.K/c1-7(8(9,10)11)6-12-4-2-3-5-12;/h1-6H2;/q-1;+1. The first-order valence-corrected chi connectivity index (χ1v) is 4.10. The van der Waals surface area contributed by atoms with Gasteiger partial charge in [0.25, 0.3) is 0 Å². The maximum Gasteiger partial charge on any atom is 1.00 e. The Balaban J connectivity index is 0.00000144. The second kappa shape index (κ2) is 5.92. The summed E-state index contributed by atoms with van der Waals surface area (Å²) in [7, 11) is 0. The molecule has 0 spiro atoms. The van der Waals surface area contributed by atoms with Gasteiger partial charge in [0.05, 0.1) is 0 Å². The number of hydrogen-bond acceptors (Lipinski definition) is 1. The van der Waals surface area contributed by atoms with Crippen molar-refractivity contribution >= 4 is 6.98 Å². The van der Waals surface area contributed by atoms with Gasteiger partial charge in [-0.2, -0.15) is 0 Å². The smallest absolute Gasteiger partial charge is 0.445 e. The molecule has 1 fully saturated rings. The molecule has 0 N–H and O–H groups in total. The molecule has 70 valence electrons. The van der Waals surface area contributed by atoms with E-state index in [0.717, 1.165) is 25.9 Å².